The summed E-state index contributed by atoms with van der Waals surface area (Å²) in [4.78, 5) is 19.7. The standard InChI is InChI=1S/C21H27N5O.ClH/c1-3-25(4-2)13-14-26-19-8-6-5-7-18(19)23-21(26)24-20(27)17-11-9-16(15-22)10-12-17;/h5-12H,3-4,13-15,22H2,1-2H3,(H,23,24,27);1H. The molecular formula is C21H28ClN5O. The molecule has 2 aromatic carbocycles. The van der Waals surface area contributed by atoms with Crippen LogP contribution in [0.1, 0.15) is 29.8 Å². The van der Waals surface area contributed by atoms with Crippen molar-refractivity contribution in [2.24, 2.45) is 5.73 Å². The van der Waals surface area contributed by atoms with Crippen LogP contribution in [0.5, 0.6) is 0 Å². The van der Waals surface area contributed by atoms with Crippen LogP contribution in [-0.2, 0) is 13.1 Å². The van der Waals surface area contributed by atoms with Crippen molar-refractivity contribution in [2.75, 3.05) is 25.0 Å². The number of fused-ring (bicyclic) bond motifs is 1. The number of nitrogens with two attached hydrogens (primary N) is 1. The van der Waals surface area contributed by atoms with Gasteiger partial charge in [0.1, 0.15) is 0 Å². The summed E-state index contributed by atoms with van der Waals surface area (Å²) in [6.07, 6.45) is 0. The van der Waals surface area contributed by atoms with Gasteiger partial charge in [0.25, 0.3) is 5.91 Å². The number of imidazole rings is 1. The van der Waals surface area contributed by atoms with Crippen LogP contribution in [0, 0.1) is 0 Å². The van der Waals surface area contributed by atoms with Gasteiger partial charge in [-0.2, -0.15) is 0 Å². The fourth-order valence-electron chi connectivity index (χ4n) is 3.14. The predicted molar refractivity (Wildman–Crippen MR) is 117 cm³/mol. The first-order chi connectivity index (χ1) is 13.2. The summed E-state index contributed by atoms with van der Waals surface area (Å²) in [6.45, 7) is 8.44. The first-order valence-corrected chi connectivity index (χ1v) is 9.44. The number of rotatable bonds is 8. The molecule has 6 nitrogen and oxygen atoms in total. The molecule has 1 heterocycles. The molecular weight excluding hydrogens is 374 g/mol. The third-order valence-corrected chi connectivity index (χ3v) is 4.87. The van der Waals surface area contributed by atoms with Gasteiger partial charge in [-0.15, -0.1) is 12.4 Å². The highest BCUT2D eigenvalue weighted by Gasteiger charge is 2.15. The van der Waals surface area contributed by atoms with E-state index in [0.717, 1.165) is 42.8 Å². The lowest BCUT2D eigenvalue weighted by atomic mass is 10.1. The number of hydrogen-bond donors (Lipinski definition) is 2. The fourth-order valence-corrected chi connectivity index (χ4v) is 3.14. The van der Waals surface area contributed by atoms with Gasteiger partial charge in [0.05, 0.1) is 11.0 Å². The first-order valence-electron chi connectivity index (χ1n) is 9.44. The Bertz CT molecular complexity index is 903. The monoisotopic (exact) mass is 401 g/mol. The lowest BCUT2D eigenvalue weighted by molar-refractivity contribution is 0.102. The van der Waals surface area contributed by atoms with E-state index in [2.05, 4.69) is 33.6 Å². The van der Waals surface area contributed by atoms with Gasteiger partial charge in [-0.3, -0.25) is 10.1 Å². The van der Waals surface area contributed by atoms with Crippen LogP contribution in [0.3, 0.4) is 0 Å². The third-order valence-electron chi connectivity index (χ3n) is 4.87. The summed E-state index contributed by atoms with van der Waals surface area (Å²) in [5, 5.41) is 2.98. The summed E-state index contributed by atoms with van der Waals surface area (Å²) >= 11 is 0. The second-order valence-corrected chi connectivity index (χ2v) is 6.46. The number of anilines is 1. The quantitative estimate of drug-likeness (QED) is 0.605. The van der Waals surface area contributed by atoms with Crippen molar-refractivity contribution >= 4 is 35.3 Å². The van der Waals surface area contributed by atoms with Gasteiger partial charge >= 0.3 is 0 Å². The molecule has 0 saturated carbocycles. The van der Waals surface area contributed by atoms with Gasteiger partial charge in [-0.25, -0.2) is 4.98 Å². The Morgan fingerprint density at radius 3 is 2.43 bits per heavy atom. The fraction of sp³-hybridized carbons (Fsp3) is 0.333. The molecule has 150 valence electrons. The number of benzene rings is 2. The van der Waals surface area contributed by atoms with E-state index < -0.39 is 0 Å². The number of likely N-dealkylation sites (N-methyl/N-ethyl adjacent to an activating group) is 1. The van der Waals surface area contributed by atoms with E-state index in [9.17, 15) is 4.79 Å². The maximum atomic E-state index is 12.7. The number of aromatic nitrogens is 2. The molecule has 3 rings (SSSR count). The number of nitrogens with zero attached hydrogens (tertiary/aromatic N) is 3. The number of para-hydroxylation sites is 2. The number of nitrogens with one attached hydrogen (secondary N) is 1. The zero-order valence-corrected chi connectivity index (χ0v) is 17.2. The Labute approximate surface area is 172 Å². The zero-order valence-electron chi connectivity index (χ0n) is 16.4. The molecule has 28 heavy (non-hydrogen) atoms. The largest absolute Gasteiger partial charge is 0.326 e. The van der Waals surface area contributed by atoms with E-state index in [1.54, 1.807) is 12.1 Å². The van der Waals surface area contributed by atoms with Gasteiger partial charge in [0.2, 0.25) is 5.95 Å². The smallest absolute Gasteiger partial charge is 0.257 e. The summed E-state index contributed by atoms with van der Waals surface area (Å²) < 4.78 is 2.08. The van der Waals surface area contributed by atoms with E-state index in [-0.39, 0.29) is 18.3 Å². The Morgan fingerprint density at radius 2 is 1.79 bits per heavy atom. The molecule has 0 radical (unpaired) electrons. The highest BCUT2D eigenvalue weighted by molar-refractivity contribution is 6.04. The Kier molecular flexibility index (Phi) is 7.99. The van der Waals surface area contributed by atoms with Crippen LogP contribution < -0.4 is 11.1 Å². The molecule has 0 unspecified atom stereocenters. The third kappa shape index (κ3) is 4.90. The van der Waals surface area contributed by atoms with Gasteiger partial charge in [0.15, 0.2) is 0 Å². The highest BCUT2D eigenvalue weighted by Crippen LogP contribution is 2.20. The Hall–Kier alpha value is -2.41. The van der Waals surface area contributed by atoms with Crippen LogP contribution in [0.25, 0.3) is 11.0 Å². The van der Waals surface area contributed by atoms with Crippen molar-refractivity contribution in [2.45, 2.75) is 26.9 Å². The van der Waals surface area contributed by atoms with Crippen molar-refractivity contribution in [3.05, 3.63) is 59.7 Å². The molecule has 0 saturated heterocycles. The van der Waals surface area contributed by atoms with Crippen LogP contribution >= 0.6 is 12.4 Å². The SMILES string of the molecule is CCN(CC)CCn1c(NC(=O)c2ccc(CN)cc2)nc2ccccc21.Cl. The number of hydrogen-bond acceptors (Lipinski definition) is 4. The average Bonchev–Trinajstić information content (AvgIpc) is 3.06. The maximum absolute atomic E-state index is 12.7. The average molecular weight is 402 g/mol. The van der Waals surface area contributed by atoms with Crippen LogP contribution in [0.15, 0.2) is 48.5 Å². The second kappa shape index (κ2) is 10.2. The number of carbonyl (C=O) groups excluding carboxylic acids is 1. The van der Waals surface area contributed by atoms with Crippen molar-refractivity contribution in [3.63, 3.8) is 0 Å². The van der Waals surface area contributed by atoms with E-state index in [4.69, 9.17) is 5.73 Å². The molecule has 0 aliphatic carbocycles. The zero-order chi connectivity index (χ0) is 19.2. The van der Waals surface area contributed by atoms with Crippen LogP contribution in [0.4, 0.5) is 5.95 Å². The van der Waals surface area contributed by atoms with Crippen molar-refractivity contribution in [3.8, 4) is 0 Å². The summed E-state index contributed by atoms with van der Waals surface area (Å²) in [5.41, 5.74) is 9.12. The molecule has 0 atom stereocenters. The lowest BCUT2D eigenvalue weighted by Gasteiger charge is -2.19. The molecule has 3 N–H and O–H groups in total. The summed E-state index contributed by atoms with van der Waals surface area (Å²) in [5.74, 6) is 0.411. The maximum Gasteiger partial charge on any atom is 0.257 e. The summed E-state index contributed by atoms with van der Waals surface area (Å²) in [6, 6.07) is 15.3. The Balaban J connectivity index is 0.00000280. The molecule has 3 aromatic rings. The van der Waals surface area contributed by atoms with Crippen molar-refractivity contribution in [1.82, 2.24) is 14.5 Å². The van der Waals surface area contributed by atoms with E-state index in [0.29, 0.717) is 18.1 Å². The van der Waals surface area contributed by atoms with Crippen molar-refractivity contribution in [1.29, 1.82) is 0 Å². The van der Waals surface area contributed by atoms with E-state index in [1.165, 1.54) is 0 Å². The van der Waals surface area contributed by atoms with Gasteiger partial charge in [-0.05, 0) is 42.9 Å². The highest BCUT2D eigenvalue weighted by atomic mass is 35.5. The molecule has 1 amide bonds. The molecule has 0 spiro atoms. The normalized spacial score (nSPS) is 10.9. The first kappa shape index (κ1) is 21.9. The second-order valence-electron chi connectivity index (χ2n) is 6.46. The van der Waals surface area contributed by atoms with E-state index >= 15 is 0 Å². The van der Waals surface area contributed by atoms with Gasteiger partial charge < -0.3 is 15.2 Å². The predicted octanol–water partition coefficient (Wildman–Crippen LogP) is 3.51. The Morgan fingerprint density at radius 1 is 1.11 bits per heavy atom. The summed E-state index contributed by atoms with van der Waals surface area (Å²) in [7, 11) is 0. The van der Waals surface area contributed by atoms with E-state index in [1.807, 2.05) is 36.4 Å². The van der Waals surface area contributed by atoms with Gasteiger partial charge in [-0.1, -0.05) is 38.1 Å². The topological polar surface area (TPSA) is 76.2 Å². The van der Waals surface area contributed by atoms with Crippen LogP contribution in [0.2, 0.25) is 0 Å². The minimum atomic E-state index is -0.169. The minimum Gasteiger partial charge on any atom is -0.326 e. The number of amides is 1. The molecule has 0 fully saturated rings. The molecule has 0 aliphatic heterocycles. The molecule has 0 aliphatic rings. The molecule has 0 bridgehead atoms. The molecule has 7 heteroatoms. The van der Waals surface area contributed by atoms with Crippen LogP contribution in [-0.4, -0.2) is 40.0 Å². The van der Waals surface area contributed by atoms with Crippen molar-refractivity contribution < 1.29 is 4.79 Å². The molecule has 1 aromatic heterocycles. The number of carbonyl (C=O) groups is 1. The minimum absolute atomic E-state index is 0. The number of halogens is 1. The van der Waals surface area contributed by atoms with Gasteiger partial charge in [0, 0.05) is 25.2 Å². The lowest BCUT2D eigenvalue weighted by Crippen LogP contribution is -2.27.